The van der Waals surface area contributed by atoms with Gasteiger partial charge in [-0.2, -0.15) is 0 Å². The normalized spacial score (nSPS) is 11.6. The van der Waals surface area contributed by atoms with Crippen molar-refractivity contribution in [3.63, 3.8) is 0 Å². The van der Waals surface area contributed by atoms with Crippen molar-refractivity contribution < 1.29 is 18.6 Å². The van der Waals surface area contributed by atoms with E-state index < -0.39 is 5.63 Å². The molecule has 0 radical (unpaired) electrons. The minimum atomic E-state index is -0.571. The Balaban J connectivity index is 2.18. The van der Waals surface area contributed by atoms with E-state index in [-0.39, 0.29) is 11.9 Å². The van der Waals surface area contributed by atoms with Crippen LogP contribution in [0.1, 0.15) is 47.5 Å². The molecule has 152 valence electrons. The van der Waals surface area contributed by atoms with Gasteiger partial charge in [0.15, 0.2) is 5.75 Å². The van der Waals surface area contributed by atoms with Gasteiger partial charge >= 0.3 is 5.63 Å². The number of methoxy groups -OCH3 is 1. The van der Waals surface area contributed by atoms with Gasteiger partial charge in [0.25, 0.3) is 0 Å². The van der Waals surface area contributed by atoms with Gasteiger partial charge in [-0.15, -0.1) is 0 Å². The maximum atomic E-state index is 12.2. The molecule has 0 aliphatic rings. The van der Waals surface area contributed by atoms with Crippen LogP contribution in [0, 0.1) is 0 Å². The quantitative estimate of drug-likeness (QED) is 0.411. The molecule has 2 rings (SSSR count). The molecule has 0 spiro atoms. The molecular formula is C23H30O5. The molecule has 0 amide bonds. The van der Waals surface area contributed by atoms with E-state index in [0.29, 0.717) is 29.1 Å². The zero-order valence-electron chi connectivity index (χ0n) is 17.6. The standard InChI is InChI=1S/C23H30O5/c1-15(2)8-7-9-17(5)12-13-26-18-10-11-19-20(14-18)28-23(24)22(25-6)21(19)27-16(3)4/h8,10-12,14,16H,7,9,13H2,1-6H3. The highest BCUT2D eigenvalue weighted by Gasteiger charge is 2.18. The third-order valence-electron chi connectivity index (χ3n) is 4.12. The van der Waals surface area contributed by atoms with Crippen LogP contribution in [0.5, 0.6) is 17.2 Å². The average Bonchev–Trinajstić information content (AvgIpc) is 2.61. The first kappa shape index (κ1) is 21.6. The molecule has 0 saturated carbocycles. The number of hydrogen-bond acceptors (Lipinski definition) is 5. The Bertz CT molecular complexity index is 914. The predicted molar refractivity (Wildman–Crippen MR) is 113 cm³/mol. The number of ether oxygens (including phenoxy) is 3. The lowest BCUT2D eigenvalue weighted by Gasteiger charge is -2.15. The first-order valence-electron chi connectivity index (χ1n) is 9.55. The van der Waals surface area contributed by atoms with Gasteiger partial charge in [-0.25, -0.2) is 4.79 Å². The maximum Gasteiger partial charge on any atom is 0.383 e. The summed E-state index contributed by atoms with van der Waals surface area (Å²) in [5.74, 6) is 1.10. The van der Waals surface area contributed by atoms with Crippen molar-refractivity contribution in [2.24, 2.45) is 0 Å². The van der Waals surface area contributed by atoms with Crippen LogP contribution in [0.15, 0.2) is 50.7 Å². The molecule has 1 aromatic heterocycles. The molecule has 5 nitrogen and oxygen atoms in total. The zero-order chi connectivity index (χ0) is 20.7. The summed E-state index contributed by atoms with van der Waals surface area (Å²) in [6, 6.07) is 5.36. The fourth-order valence-electron chi connectivity index (χ4n) is 2.73. The van der Waals surface area contributed by atoms with Crippen LogP contribution in [-0.4, -0.2) is 19.8 Å². The second-order valence-corrected chi connectivity index (χ2v) is 7.26. The van der Waals surface area contributed by atoms with Gasteiger partial charge in [-0.1, -0.05) is 17.2 Å². The Morgan fingerprint density at radius 1 is 1.14 bits per heavy atom. The molecular weight excluding hydrogens is 356 g/mol. The summed E-state index contributed by atoms with van der Waals surface area (Å²) >= 11 is 0. The van der Waals surface area contributed by atoms with Crippen molar-refractivity contribution in [2.75, 3.05) is 13.7 Å². The maximum absolute atomic E-state index is 12.2. The lowest BCUT2D eigenvalue weighted by Crippen LogP contribution is -2.12. The van der Waals surface area contributed by atoms with Crippen LogP contribution >= 0.6 is 0 Å². The van der Waals surface area contributed by atoms with E-state index in [2.05, 4.69) is 32.9 Å². The minimum Gasteiger partial charge on any atom is -0.489 e. The monoisotopic (exact) mass is 386 g/mol. The lowest BCUT2D eigenvalue weighted by atomic mass is 10.1. The van der Waals surface area contributed by atoms with E-state index >= 15 is 0 Å². The van der Waals surface area contributed by atoms with Gasteiger partial charge < -0.3 is 18.6 Å². The van der Waals surface area contributed by atoms with E-state index in [0.717, 1.165) is 12.8 Å². The number of hydrogen-bond donors (Lipinski definition) is 0. The third-order valence-corrected chi connectivity index (χ3v) is 4.12. The van der Waals surface area contributed by atoms with Crippen molar-refractivity contribution in [1.29, 1.82) is 0 Å². The summed E-state index contributed by atoms with van der Waals surface area (Å²) in [6.07, 6.45) is 6.24. The SMILES string of the molecule is COc1c(OC(C)C)c2ccc(OCC=C(C)CCC=C(C)C)cc2oc1=O. The Labute approximate surface area is 166 Å². The molecule has 0 bridgehead atoms. The van der Waals surface area contributed by atoms with E-state index in [1.165, 1.54) is 18.3 Å². The van der Waals surface area contributed by atoms with Crippen molar-refractivity contribution in [3.05, 3.63) is 51.9 Å². The summed E-state index contributed by atoms with van der Waals surface area (Å²) in [7, 11) is 1.43. The Hall–Kier alpha value is -2.69. The molecule has 2 aromatic rings. The summed E-state index contributed by atoms with van der Waals surface area (Å²) in [5.41, 5.74) is 2.45. The van der Waals surface area contributed by atoms with Crippen LogP contribution in [0.25, 0.3) is 11.0 Å². The van der Waals surface area contributed by atoms with Crippen molar-refractivity contribution in [2.45, 2.75) is 53.6 Å². The van der Waals surface area contributed by atoms with E-state index in [1.807, 2.05) is 26.0 Å². The Morgan fingerprint density at radius 3 is 2.54 bits per heavy atom. The molecule has 1 aromatic carbocycles. The fraction of sp³-hybridized carbons (Fsp3) is 0.435. The molecule has 0 atom stereocenters. The van der Waals surface area contributed by atoms with Crippen LogP contribution in [0.3, 0.4) is 0 Å². The lowest BCUT2D eigenvalue weighted by molar-refractivity contribution is 0.229. The molecule has 0 unspecified atom stereocenters. The van der Waals surface area contributed by atoms with Gasteiger partial charge in [-0.3, -0.25) is 0 Å². The van der Waals surface area contributed by atoms with Crippen LogP contribution in [-0.2, 0) is 0 Å². The summed E-state index contributed by atoms with van der Waals surface area (Å²) < 4.78 is 22.2. The molecule has 0 saturated heterocycles. The Morgan fingerprint density at radius 2 is 1.89 bits per heavy atom. The van der Waals surface area contributed by atoms with Crippen molar-refractivity contribution in [1.82, 2.24) is 0 Å². The summed E-state index contributed by atoms with van der Waals surface area (Å²) in [5, 5.41) is 0.672. The zero-order valence-corrected chi connectivity index (χ0v) is 17.6. The Kier molecular flexibility index (Phi) is 7.73. The van der Waals surface area contributed by atoms with Crippen LogP contribution in [0.2, 0.25) is 0 Å². The average molecular weight is 386 g/mol. The van der Waals surface area contributed by atoms with Gasteiger partial charge in [0.05, 0.1) is 18.6 Å². The van der Waals surface area contributed by atoms with E-state index in [1.54, 1.807) is 6.07 Å². The van der Waals surface area contributed by atoms with Crippen molar-refractivity contribution in [3.8, 4) is 17.2 Å². The number of benzene rings is 1. The fourth-order valence-corrected chi connectivity index (χ4v) is 2.73. The smallest absolute Gasteiger partial charge is 0.383 e. The van der Waals surface area contributed by atoms with Gasteiger partial charge in [0, 0.05) is 6.07 Å². The van der Waals surface area contributed by atoms with Crippen LogP contribution < -0.4 is 19.8 Å². The molecule has 5 heteroatoms. The largest absolute Gasteiger partial charge is 0.489 e. The summed E-state index contributed by atoms with van der Waals surface area (Å²) in [4.78, 5) is 12.2. The molecule has 28 heavy (non-hydrogen) atoms. The highest BCUT2D eigenvalue weighted by atomic mass is 16.5. The summed E-state index contributed by atoms with van der Waals surface area (Å²) in [6.45, 7) is 10.6. The second kappa shape index (κ2) is 10.0. The number of fused-ring (bicyclic) bond motifs is 1. The topological polar surface area (TPSA) is 57.9 Å². The number of rotatable bonds is 9. The number of allylic oxidation sites excluding steroid dienone is 3. The molecule has 0 aliphatic heterocycles. The second-order valence-electron chi connectivity index (χ2n) is 7.26. The van der Waals surface area contributed by atoms with Crippen molar-refractivity contribution >= 4 is 11.0 Å². The first-order chi connectivity index (χ1) is 13.3. The van der Waals surface area contributed by atoms with E-state index in [4.69, 9.17) is 18.6 Å². The molecule has 0 N–H and O–H groups in total. The predicted octanol–water partition coefficient (Wildman–Crippen LogP) is 5.66. The van der Waals surface area contributed by atoms with Gasteiger partial charge in [-0.05, 0) is 65.7 Å². The van der Waals surface area contributed by atoms with E-state index in [9.17, 15) is 4.79 Å². The van der Waals surface area contributed by atoms with Gasteiger partial charge in [0.1, 0.15) is 17.9 Å². The molecule has 0 aliphatic carbocycles. The molecule has 0 fully saturated rings. The third kappa shape index (κ3) is 5.91. The highest BCUT2D eigenvalue weighted by Crippen LogP contribution is 2.35. The molecule has 1 heterocycles. The highest BCUT2D eigenvalue weighted by molar-refractivity contribution is 5.86. The van der Waals surface area contributed by atoms with Crippen LogP contribution in [0.4, 0.5) is 0 Å². The first-order valence-corrected chi connectivity index (χ1v) is 9.55. The minimum absolute atomic E-state index is 0.0739. The van der Waals surface area contributed by atoms with Gasteiger partial charge in [0.2, 0.25) is 5.75 Å².